The number of rotatable bonds is 8. The molecule has 0 saturated heterocycles. The van der Waals surface area contributed by atoms with Crippen LogP contribution < -0.4 is 5.32 Å². The van der Waals surface area contributed by atoms with Crippen LogP contribution in [0.2, 0.25) is 10.0 Å². The maximum absolute atomic E-state index is 12.5. The third-order valence-corrected chi connectivity index (χ3v) is 5.17. The smallest absolute Gasteiger partial charge is 0.244 e. The Morgan fingerprint density at radius 2 is 1.55 bits per heavy atom. The standard InChI is InChI=1S/C22H27Cl2N3O2/c1-15(2)17-10-8-16(9-11-17)12-26(3)14-21(29)27(4)13-20(28)25-22-18(23)6-5-7-19(22)24/h5-11,15H,12-14H2,1-4H3,(H,25,28). The van der Waals surface area contributed by atoms with Crippen LogP contribution in [-0.2, 0) is 16.1 Å². The van der Waals surface area contributed by atoms with Crippen molar-refractivity contribution < 1.29 is 9.59 Å². The molecule has 0 aliphatic heterocycles. The molecule has 0 atom stereocenters. The maximum Gasteiger partial charge on any atom is 0.244 e. The van der Waals surface area contributed by atoms with E-state index in [2.05, 4.69) is 43.4 Å². The van der Waals surface area contributed by atoms with Crippen LogP contribution in [0.1, 0.15) is 30.9 Å². The zero-order valence-corrected chi connectivity index (χ0v) is 18.7. The number of likely N-dealkylation sites (N-methyl/N-ethyl adjacent to an activating group) is 2. The quantitative estimate of drug-likeness (QED) is 0.656. The zero-order chi connectivity index (χ0) is 21.6. The highest BCUT2D eigenvalue weighted by Gasteiger charge is 2.17. The Balaban J connectivity index is 1.85. The van der Waals surface area contributed by atoms with Crippen molar-refractivity contribution in [3.63, 3.8) is 0 Å². The number of carbonyl (C=O) groups is 2. The first kappa shape index (κ1) is 23.2. The number of halogens is 2. The lowest BCUT2D eigenvalue weighted by Gasteiger charge is -2.22. The molecule has 0 fully saturated rings. The summed E-state index contributed by atoms with van der Waals surface area (Å²) in [5.41, 5.74) is 2.78. The van der Waals surface area contributed by atoms with E-state index in [4.69, 9.17) is 23.2 Å². The molecular formula is C22H27Cl2N3O2. The van der Waals surface area contributed by atoms with Gasteiger partial charge >= 0.3 is 0 Å². The minimum absolute atomic E-state index is 0.0860. The largest absolute Gasteiger partial charge is 0.335 e. The Bertz CT molecular complexity index is 833. The number of benzene rings is 2. The number of nitrogens with one attached hydrogen (secondary N) is 1. The van der Waals surface area contributed by atoms with E-state index < -0.39 is 0 Å². The lowest BCUT2D eigenvalue weighted by Crippen LogP contribution is -2.40. The molecule has 0 saturated carbocycles. The van der Waals surface area contributed by atoms with Gasteiger partial charge in [-0.1, -0.05) is 67.4 Å². The summed E-state index contributed by atoms with van der Waals surface area (Å²) < 4.78 is 0. The van der Waals surface area contributed by atoms with E-state index in [0.29, 0.717) is 28.2 Å². The van der Waals surface area contributed by atoms with Crippen molar-refractivity contribution in [2.45, 2.75) is 26.3 Å². The summed E-state index contributed by atoms with van der Waals surface area (Å²) in [5, 5.41) is 3.36. The first-order chi connectivity index (χ1) is 13.7. The Kier molecular flexibility index (Phi) is 8.50. The highest BCUT2D eigenvalue weighted by atomic mass is 35.5. The van der Waals surface area contributed by atoms with Crippen molar-refractivity contribution in [2.75, 3.05) is 32.5 Å². The summed E-state index contributed by atoms with van der Waals surface area (Å²) in [6.07, 6.45) is 0. The second-order valence-electron chi connectivity index (χ2n) is 7.46. The summed E-state index contributed by atoms with van der Waals surface area (Å²) >= 11 is 12.1. The lowest BCUT2D eigenvalue weighted by atomic mass is 10.0. The van der Waals surface area contributed by atoms with Crippen LogP contribution in [0.15, 0.2) is 42.5 Å². The summed E-state index contributed by atoms with van der Waals surface area (Å²) in [7, 11) is 3.48. The van der Waals surface area contributed by atoms with Gasteiger partial charge in [0.2, 0.25) is 11.8 Å². The van der Waals surface area contributed by atoms with Gasteiger partial charge in [-0.2, -0.15) is 0 Å². The molecule has 2 amide bonds. The Hall–Kier alpha value is -2.08. The van der Waals surface area contributed by atoms with E-state index >= 15 is 0 Å². The summed E-state index contributed by atoms with van der Waals surface area (Å²) in [5.74, 6) is -0.0155. The van der Waals surface area contributed by atoms with Crippen molar-refractivity contribution in [3.8, 4) is 0 Å². The molecule has 29 heavy (non-hydrogen) atoms. The van der Waals surface area contributed by atoms with Gasteiger partial charge in [-0.25, -0.2) is 0 Å². The molecule has 1 N–H and O–H groups in total. The number of amides is 2. The first-order valence-electron chi connectivity index (χ1n) is 9.42. The fraction of sp³-hybridized carbons (Fsp3) is 0.364. The van der Waals surface area contributed by atoms with Gasteiger partial charge in [0, 0.05) is 13.6 Å². The first-order valence-corrected chi connectivity index (χ1v) is 10.2. The molecule has 0 aliphatic rings. The molecule has 2 aromatic carbocycles. The molecule has 0 aromatic heterocycles. The molecule has 0 heterocycles. The molecule has 0 unspecified atom stereocenters. The van der Waals surface area contributed by atoms with E-state index in [1.807, 2.05) is 11.9 Å². The van der Waals surface area contributed by atoms with Crippen LogP contribution in [0.4, 0.5) is 5.69 Å². The van der Waals surface area contributed by atoms with Gasteiger partial charge in [0.05, 0.1) is 28.8 Å². The molecule has 2 rings (SSSR count). The molecule has 0 spiro atoms. The highest BCUT2D eigenvalue weighted by Crippen LogP contribution is 2.29. The monoisotopic (exact) mass is 435 g/mol. The number of anilines is 1. The highest BCUT2D eigenvalue weighted by molar-refractivity contribution is 6.39. The van der Waals surface area contributed by atoms with E-state index in [1.54, 1.807) is 25.2 Å². The van der Waals surface area contributed by atoms with Crippen molar-refractivity contribution in [1.82, 2.24) is 9.80 Å². The number of hydrogen-bond acceptors (Lipinski definition) is 3. The topological polar surface area (TPSA) is 52.7 Å². The van der Waals surface area contributed by atoms with Crippen molar-refractivity contribution >= 4 is 40.7 Å². The summed E-state index contributed by atoms with van der Waals surface area (Å²) in [6.45, 7) is 5.09. The number of hydrogen-bond donors (Lipinski definition) is 1. The van der Waals surface area contributed by atoms with Crippen molar-refractivity contribution in [3.05, 3.63) is 63.6 Å². The van der Waals surface area contributed by atoms with Gasteiger partial charge in [-0.15, -0.1) is 0 Å². The Morgan fingerprint density at radius 1 is 0.966 bits per heavy atom. The fourth-order valence-corrected chi connectivity index (χ4v) is 3.32. The van der Waals surface area contributed by atoms with Gasteiger partial charge < -0.3 is 10.2 Å². The average molecular weight is 436 g/mol. The SMILES string of the molecule is CC(C)c1ccc(CN(C)CC(=O)N(C)CC(=O)Nc2c(Cl)cccc2Cl)cc1. The molecule has 5 nitrogen and oxygen atoms in total. The van der Waals surface area contributed by atoms with Crippen LogP contribution >= 0.6 is 23.2 Å². The molecule has 0 aliphatic carbocycles. The second kappa shape index (κ2) is 10.6. The van der Waals surface area contributed by atoms with Crippen LogP contribution in [-0.4, -0.2) is 48.8 Å². The number of carbonyl (C=O) groups excluding carboxylic acids is 2. The van der Waals surface area contributed by atoms with E-state index in [-0.39, 0.29) is 24.9 Å². The minimum atomic E-state index is -0.359. The maximum atomic E-state index is 12.5. The predicted molar refractivity (Wildman–Crippen MR) is 120 cm³/mol. The zero-order valence-electron chi connectivity index (χ0n) is 17.2. The number of nitrogens with zero attached hydrogens (tertiary/aromatic N) is 2. The lowest BCUT2D eigenvalue weighted by molar-refractivity contribution is -0.134. The molecular weight excluding hydrogens is 409 g/mol. The predicted octanol–water partition coefficient (Wildman–Crippen LogP) is 4.65. The second-order valence-corrected chi connectivity index (χ2v) is 8.28. The Morgan fingerprint density at radius 3 is 2.10 bits per heavy atom. The third-order valence-electron chi connectivity index (χ3n) is 4.54. The number of para-hydroxylation sites is 1. The molecule has 0 radical (unpaired) electrons. The molecule has 156 valence electrons. The normalized spacial score (nSPS) is 11.0. The van der Waals surface area contributed by atoms with Gasteiger partial charge in [-0.3, -0.25) is 14.5 Å². The van der Waals surface area contributed by atoms with E-state index in [9.17, 15) is 9.59 Å². The third kappa shape index (κ3) is 7.03. The van der Waals surface area contributed by atoms with Gasteiger partial charge in [-0.05, 0) is 36.2 Å². The average Bonchev–Trinajstić information content (AvgIpc) is 2.65. The van der Waals surface area contributed by atoms with Crippen molar-refractivity contribution in [1.29, 1.82) is 0 Å². The van der Waals surface area contributed by atoms with Crippen LogP contribution in [0.25, 0.3) is 0 Å². The van der Waals surface area contributed by atoms with Crippen LogP contribution in [0.3, 0.4) is 0 Å². The van der Waals surface area contributed by atoms with Gasteiger partial charge in [0.25, 0.3) is 0 Å². The van der Waals surface area contributed by atoms with E-state index in [1.165, 1.54) is 10.5 Å². The fourth-order valence-electron chi connectivity index (χ4n) is 2.83. The van der Waals surface area contributed by atoms with Gasteiger partial charge in [0.1, 0.15) is 0 Å². The van der Waals surface area contributed by atoms with Crippen molar-refractivity contribution in [2.24, 2.45) is 0 Å². The Labute approximate surface area is 182 Å². The molecule has 0 bridgehead atoms. The molecule has 7 heteroatoms. The van der Waals surface area contributed by atoms with Crippen LogP contribution in [0.5, 0.6) is 0 Å². The van der Waals surface area contributed by atoms with E-state index in [0.717, 1.165) is 5.56 Å². The van der Waals surface area contributed by atoms with Crippen LogP contribution in [0, 0.1) is 0 Å². The molecule has 2 aromatic rings. The summed E-state index contributed by atoms with van der Waals surface area (Å²) in [6, 6.07) is 13.4. The minimum Gasteiger partial charge on any atom is -0.335 e. The summed E-state index contributed by atoms with van der Waals surface area (Å²) in [4.78, 5) is 28.0. The van der Waals surface area contributed by atoms with Gasteiger partial charge in [0.15, 0.2) is 0 Å².